The average molecular weight is 234 g/mol. The Morgan fingerprint density at radius 1 is 1.29 bits per heavy atom. The molecule has 0 unspecified atom stereocenters. The molecular weight excluding hydrogens is 224 g/mol. The quantitative estimate of drug-likeness (QED) is 0.695. The Hall–Kier alpha value is -2.37. The van der Waals surface area contributed by atoms with E-state index in [4.69, 9.17) is 5.73 Å². The van der Waals surface area contributed by atoms with Crippen molar-refractivity contribution in [3.8, 4) is 5.75 Å². The van der Waals surface area contributed by atoms with Gasteiger partial charge in [-0.2, -0.15) is 0 Å². The van der Waals surface area contributed by atoms with Crippen LogP contribution in [-0.2, 0) is 4.79 Å². The molecule has 3 N–H and O–H groups in total. The molecule has 17 heavy (non-hydrogen) atoms. The highest BCUT2D eigenvalue weighted by Crippen LogP contribution is 2.27. The minimum atomic E-state index is -1.01. The van der Waals surface area contributed by atoms with E-state index in [2.05, 4.69) is 0 Å². The lowest BCUT2D eigenvalue weighted by Gasteiger charge is -2.18. The van der Waals surface area contributed by atoms with Crippen molar-refractivity contribution in [2.75, 3.05) is 0 Å². The van der Waals surface area contributed by atoms with Gasteiger partial charge in [0.2, 0.25) is 5.91 Å². The van der Waals surface area contributed by atoms with E-state index < -0.39 is 23.8 Å². The van der Waals surface area contributed by atoms with Gasteiger partial charge in [0.15, 0.2) is 0 Å². The van der Waals surface area contributed by atoms with Crippen LogP contribution in [0.5, 0.6) is 5.75 Å². The summed E-state index contributed by atoms with van der Waals surface area (Å²) in [6.07, 6.45) is 0. The first-order chi connectivity index (χ1) is 7.93. The van der Waals surface area contributed by atoms with E-state index in [0.717, 1.165) is 4.90 Å². The zero-order valence-corrected chi connectivity index (χ0v) is 9.01. The zero-order valence-electron chi connectivity index (χ0n) is 9.01. The first-order valence-electron chi connectivity index (χ1n) is 4.93. The maximum Gasteiger partial charge on any atom is 0.262 e. The number of carbonyl (C=O) groups excluding carboxylic acids is 3. The molecule has 0 aromatic heterocycles. The van der Waals surface area contributed by atoms with E-state index in [9.17, 15) is 19.5 Å². The number of primary amides is 1. The molecule has 0 fully saturated rings. The summed E-state index contributed by atoms with van der Waals surface area (Å²) >= 11 is 0. The van der Waals surface area contributed by atoms with Crippen LogP contribution in [0.3, 0.4) is 0 Å². The number of hydrogen-bond acceptors (Lipinski definition) is 4. The van der Waals surface area contributed by atoms with Crippen molar-refractivity contribution >= 4 is 17.7 Å². The molecule has 0 saturated carbocycles. The zero-order chi connectivity index (χ0) is 12.7. The highest BCUT2D eigenvalue weighted by molar-refractivity contribution is 6.22. The number of amides is 3. The molecule has 6 heteroatoms. The van der Waals surface area contributed by atoms with Gasteiger partial charge in [0.25, 0.3) is 11.8 Å². The van der Waals surface area contributed by atoms with Gasteiger partial charge >= 0.3 is 0 Å². The number of fused-ring (bicyclic) bond motifs is 1. The number of aromatic hydroxyl groups is 1. The van der Waals surface area contributed by atoms with E-state index in [-0.39, 0.29) is 16.9 Å². The number of rotatable bonds is 2. The lowest BCUT2D eigenvalue weighted by Crippen LogP contribution is -2.45. The molecule has 3 amide bonds. The van der Waals surface area contributed by atoms with Crippen LogP contribution in [0.4, 0.5) is 0 Å². The second-order valence-corrected chi connectivity index (χ2v) is 3.79. The molecule has 6 nitrogen and oxygen atoms in total. The lowest BCUT2D eigenvalue weighted by atomic mass is 10.1. The van der Waals surface area contributed by atoms with Crippen LogP contribution in [0.15, 0.2) is 18.2 Å². The largest absolute Gasteiger partial charge is 0.508 e. The third-order valence-corrected chi connectivity index (χ3v) is 2.70. The van der Waals surface area contributed by atoms with Crippen molar-refractivity contribution in [1.29, 1.82) is 0 Å². The van der Waals surface area contributed by atoms with Gasteiger partial charge in [-0.25, -0.2) is 0 Å². The van der Waals surface area contributed by atoms with Gasteiger partial charge < -0.3 is 10.8 Å². The fourth-order valence-electron chi connectivity index (χ4n) is 1.73. The summed E-state index contributed by atoms with van der Waals surface area (Å²) in [4.78, 5) is 35.6. The van der Waals surface area contributed by atoms with Crippen LogP contribution in [0.2, 0.25) is 0 Å². The van der Waals surface area contributed by atoms with Crippen LogP contribution in [0.1, 0.15) is 27.6 Å². The second-order valence-electron chi connectivity index (χ2n) is 3.79. The van der Waals surface area contributed by atoms with Gasteiger partial charge in [0.1, 0.15) is 11.8 Å². The Morgan fingerprint density at radius 2 is 1.88 bits per heavy atom. The van der Waals surface area contributed by atoms with Gasteiger partial charge in [0, 0.05) is 0 Å². The number of carbonyl (C=O) groups is 3. The summed E-state index contributed by atoms with van der Waals surface area (Å²) < 4.78 is 0. The number of imide groups is 1. The first-order valence-corrected chi connectivity index (χ1v) is 4.93. The van der Waals surface area contributed by atoms with Crippen molar-refractivity contribution in [2.24, 2.45) is 5.73 Å². The fourth-order valence-corrected chi connectivity index (χ4v) is 1.73. The Kier molecular flexibility index (Phi) is 2.35. The third-order valence-electron chi connectivity index (χ3n) is 2.70. The SMILES string of the molecule is C[C@@H](C(N)=O)N1C(=O)c2ccc(O)cc2C1=O. The first kappa shape index (κ1) is 11.1. The Labute approximate surface area is 96.6 Å². The normalized spacial score (nSPS) is 15.9. The van der Waals surface area contributed by atoms with Crippen LogP contribution in [0, 0.1) is 0 Å². The van der Waals surface area contributed by atoms with Crippen molar-refractivity contribution < 1.29 is 19.5 Å². The lowest BCUT2D eigenvalue weighted by molar-refractivity contribution is -0.121. The van der Waals surface area contributed by atoms with Gasteiger partial charge in [-0.05, 0) is 25.1 Å². The predicted molar refractivity (Wildman–Crippen MR) is 57.3 cm³/mol. The van der Waals surface area contributed by atoms with Crippen LogP contribution >= 0.6 is 0 Å². The smallest absolute Gasteiger partial charge is 0.262 e. The molecular formula is C11H10N2O4. The molecule has 0 saturated heterocycles. The van der Waals surface area contributed by atoms with Gasteiger partial charge in [-0.15, -0.1) is 0 Å². The number of phenols is 1. The highest BCUT2D eigenvalue weighted by atomic mass is 16.3. The van der Waals surface area contributed by atoms with E-state index in [1.54, 1.807) is 0 Å². The number of nitrogens with zero attached hydrogens (tertiary/aromatic N) is 1. The molecule has 1 aromatic rings. The Bertz CT molecular complexity index is 538. The van der Waals surface area contributed by atoms with Crippen LogP contribution < -0.4 is 5.73 Å². The summed E-state index contributed by atoms with van der Waals surface area (Å²) in [6.45, 7) is 1.38. The minimum absolute atomic E-state index is 0.0862. The molecule has 0 radical (unpaired) electrons. The molecule has 1 atom stereocenters. The number of hydrogen-bond donors (Lipinski definition) is 2. The molecule has 0 bridgehead atoms. The molecule has 0 spiro atoms. The molecule has 2 rings (SSSR count). The molecule has 1 aromatic carbocycles. The highest BCUT2D eigenvalue weighted by Gasteiger charge is 2.40. The summed E-state index contributed by atoms with van der Waals surface area (Å²) in [5.74, 6) is -2.06. The van der Waals surface area contributed by atoms with Crippen LogP contribution in [-0.4, -0.2) is 33.8 Å². The van der Waals surface area contributed by atoms with Gasteiger partial charge in [-0.3, -0.25) is 19.3 Å². The maximum atomic E-state index is 11.9. The van der Waals surface area contributed by atoms with Crippen molar-refractivity contribution in [1.82, 2.24) is 4.90 Å². The fraction of sp³-hybridized carbons (Fsp3) is 0.182. The molecule has 1 heterocycles. The Balaban J connectivity index is 2.49. The topological polar surface area (TPSA) is 101 Å². The van der Waals surface area contributed by atoms with Crippen molar-refractivity contribution in [3.05, 3.63) is 29.3 Å². The van der Waals surface area contributed by atoms with Gasteiger partial charge in [-0.1, -0.05) is 0 Å². The van der Waals surface area contributed by atoms with E-state index >= 15 is 0 Å². The molecule has 88 valence electrons. The average Bonchev–Trinajstić information content (AvgIpc) is 2.50. The summed E-state index contributed by atoms with van der Waals surface area (Å²) in [7, 11) is 0. The second kappa shape index (κ2) is 3.58. The predicted octanol–water partition coefficient (Wildman–Crippen LogP) is -0.138. The molecule has 0 aliphatic carbocycles. The van der Waals surface area contributed by atoms with Crippen molar-refractivity contribution in [3.63, 3.8) is 0 Å². The number of nitrogens with two attached hydrogens (primary N) is 1. The van der Waals surface area contributed by atoms with E-state index in [0.29, 0.717) is 0 Å². The third kappa shape index (κ3) is 1.54. The number of phenolic OH excluding ortho intramolecular Hbond substituents is 1. The monoisotopic (exact) mass is 234 g/mol. The van der Waals surface area contributed by atoms with Gasteiger partial charge in [0.05, 0.1) is 11.1 Å². The summed E-state index contributed by atoms with van der Waals surface area (Å²) in [5.41, 5.74) is 5.32. The Morgan fingerprint density at radius 3 is 2.47 bits per heavy atom. The van der Waals surface area contributed by atoms with E-state index in [1.165, 1.54) is 25.1 Å². The molecule has 1 aliphatic heterocycles. The number of benzene rings is 1. The van der Waals surface area contributed by atoms with Crippen LogP contribution in [0.25, 0.3) is 0 Å². The van der Waals surface area contributed by atoms with Crippen molar-refractivity contribution in [2.45, 2.75) is 13.0 Å². The minimum Gasteiger partial charge on any atom is -0.508 e. The standard InChI is InChI=1S/C11H10N2O4/c1-5(9(12)15)13-10(16)7-3-2-6(14)4-8(7)11(13)17/h2-5,14H,1H3,(H2,12,15)/t5-/m0/s1. The maximum absolute atomic E-state index is 11.9. The van der Waals surface area contributed by atoms with E-state index in [1.807, 2.05) is 0 Å². The summed E-state index contributed by atoms with van der Waals surface area (Å²) in [6, 6.07) is 2.84. The molecule has 1 aliphatic rings. The summed E-state index contributed by atoms with van der Waals surface area (Å²) in [5, 5.41) is 9.26.